The molecule has 0 bridgehead atoms. The molecule has 0 radical (unpaired) electrons. The molecule has 8 nitrogen and oxygen atoms in total. The van der Waals surface area contributed by atoms with Crippen LogP contribution in [0.4, 0.5) is 5.95 Å². The molecule has 0 spiro atoms. The summed E-state index contributed by atoms with van der Waals surface area (Å²) in [6.45, 7) is 14.0. The number of aromatic nitrogens is 4. The second kappa shape index (κ2) is 5.87. The van der Waals surface area contributed by atoms with Gasteiger partial charge in [0.1, 0.15) is 0 Å². The molecule has 0 N–H and O–H groups in total. The normalized spacial score (nSPS) is 16.7. The first-order chi connectivity index (χ1) is 11.8. The number of anilines is 1. The number of rotatable bonds is 4. The van der Waals surface area contributed by atoms with Crippen LogP contribution in [0.25, 0.3) is 11.2 Å². The lowest BCUT2D eigenvalue weighted by molar-refractivity contribution is 0.636. The molecule has 0 saturated heterocycles. The van der Waals surface area contributed by atoms with Crippen molar-refractivity contribution < 1.29 is 0 Å². The molecule has 132 valence electrons. The Balaban J connectivity index is 2.41. The van der Waals surface area contributed by atoms with Crippen molar-refractivity contribution in [1.29, 1.82) is 0 Å². The lowest BCUT2D eigenvalue weighted by atomic mass is 10.2. The second-order valence-electron chi connectivity index (χ2n) is 6.43. The standard InChI is InChI=1S/C17H22N6O2/c1-7-8-21-15(24)13-14(20(6)17(21)25)18-16-22(9-10(2)3)19-11(4)12(5)23(13)16/h7,12H,1-2,8-9H2,3-6H3. The maximum atomic E-state index is 13.0. The van der Waals surface area contributed by atoms with E-state index in [1.165, 1.54) is 15.2 Å². The number of imidazole rings is 1. The molecule has 0 amide bonds. The molecule has 8 heteroatoms. The summed E-state index contributed by atoms with van der Waals surface area (Å²) < 4.78 is 4.41. The van der Waals surface area contributed by atoms with Crippen molar-refractivity contribution in [2.24, 2.45) is 12.1 Å². The Labute approximate surface area is 145 Å². The lowest BCUT2D eigenvalue weighted by Crippen LogP contribution is -2.40. The van der Waals surface area contributed by atoms with Crippen LogP contribution < -0.4 is 16.3 Å². The molecule has 0 aliphatic carbocycles. The van der Waals surface area contributed by atoms with Crippen molar-refractivity contribution in [3.05, 3.63) is 45.6 Å². The van der Waals surface area contributed by atoms with E-state index in [2.05, 4.69) is 23.2 Å². The maximum absolute atomic E-state index is 13.0. The highest BCUT2D eigenvalue weighted by Crippen LogP contribution is 2.29. The Hall–Kier alpha value is -2.90. The SMILES string of the molecule is C=CCn1c(=O)c2c(nc3n2C(C)C(C)=NN3CC(=C)C)n(C)c1=O. The molecular formula is C17H22N6O2. The van der Waals surface area contributed by atoms with Gasteiger partial charge in [-0.05, 0) is 20.8 Å². The molecule has 25 heavy (non-hydrogen) atoms. The number of allylic oxidation sites excluding steroid dienone is 1. The van der Waals surface area contributed by atoms with Gasteiger partial charge < -0.3 is 0 Å². The van der Waals surface area contributed by atoms with Gasteiger partial charge >= 0.3 is 5.69 Å². The van der Waals surface area contributed by atoms with Gasteiger partial charge in [0.25, 0.3) is 5.56 Å². The molecule has 2 aromatic rings. The summed E-state index contributed by atoms with van der Waals surface area (Å²) in [6.07, 6.45) is 1.53. The predicted molar refractivity (Wildman–Crippen MR) is 99.4 cm³/mol. The van der Waals surface area contributed by atoms with Crippen LogP contribution in [0.3, 0.4) is 0 Å². The maximum Gasteiger partial charge on any atom is 0.332 e. The fraction of sp³-hybridized carbons (Fsp3) is 0.412. The molecule has 3 heterocycles. The quantitative estimate of drug-likeness (QED) is 0.787. The zero-order chi connectivity index (χ0) is 18.5. The van der Waals surface area contributed by atoms with Gasteiger partial charge in [0.05, 0.1) is 18.3 Å². The van der Waals surface area contributed by atoms with E-state index in [1.54, 1.807) is 12.1 Å². The summed E-state index contributed by atoms with van der Waals surface area (Å²) in [7, 11) is 1.62. The first-order valence-electron chi connectivity index (χ1n) is 8.07. The van der Waals surface area contributed by atoms with Crippen molar-refractivity contribution in [2.75, 3.05) is 11.6 Å². The van der Waals surface area contributed by atoms with Gasteiger partial charge in [0, 0.05) is 13.6 Å². The van der Waals surface area contributed by atoms with Crippen LogP contribution in [0.15, 0.2) is 39.5 Å². The molecule has 0 aromatic carbocycles. The van der Waals surface area contributed by atoms with Crippen LogP contribution in [0.1, 0.15) is 26.8 Å². The fourth-order valence-corrected chi connectivity index (χ4v) is 3.03. The number of hydrogen-bond donors (Lipinski definition) is 0. The van der Waals surface area contributed by atoms with Crippen molar-refractivity contribution in [3.63, 3.8) is 0 Å². The molecular weight excluding hydrogens is 320 g/mol. The summed E-state index contributed by atoms with van der Waals surface area (Å²) in [5, 5.41) is 6.30. The van der Waals surface area contributed by atoms with Crippen molar-refractivity contribution in [1.82, 2.24) is 18.7 Å². The van der Waals surface area contributed by atoms with Gasteiger partial charge in [-0.1, -0.05) is 18.2 Å². The van der Waals surface area contributed by atoms with E-state index in [1.807, 2.05) is 25.3 Å². The third-order valence-electron chi connectivity index (χ3n) is 4.39. The van der Waals surface area contributed by atoms with E-state index in [-0.39, 0.29) is 18.1 Å². The van der Waals surface area contributed by atoms with Crippen LogP contribution >= 0.6 is 0 Å². The summed E-state index contributed by atoms with van der Waals surface area (Å²) in [6, 6.07) is -0.135. The van der Waals surface area contributed by atoms with Crippen molar-refractivity contribution in [2.45, 2.75) is 33.4 Å². The third kappa shape index (κ3) is 2.45. The average molecular weight is 342 g/mol. The largest absolute Gasteiger partial charge is 0.332 e. The van der Waals surface area contributed by atoms with Gasteiger partial charge in [0.15, 0.2) is 11.2 Å². The summed E-state index contributed by atoms with van der Waals surface area (Å²) >= 11 is 0. The van der Waals surface area contributed by atoms with Crippen LogP contribution in [-0.2, 0) is 13.6 Å². The van der Waals surface area contributed by atoms with Gasteiger partial charge in [0.2, 0.25) is 5.95 Å². The molecule has 0 saturated carbocycles. The monoisotopic (exact) mass is 342 g/mol. The lowest BCUT2D eigenvalue weighted by Gasteiger charge is -2.29. The smallest absolute Gasteiger partial charge is 0.294 e. The van der Waals surface area contributed by atoms with Gasteiger partial charge in [-0.2, -0.15) is 10.1 Å². The summed E-state index contributed by atoms with van der Waals surface area (Å²) in [4.78, 5) is 30.0. The highest BCUT2D eigenvalue weighted by Gasteiger charge is 2.30. The van der Waals surface area contributed by atoms with Crippen LogP contribution in [0.2, 0.25) is 0 Å². The first-order valence-corrected chi connectivity index (χ1v) is 8.07. The average Bonchev–Trinajstić information content (AvgIpc) is 2.95. The van der Waals surface area contributed by atoms with Crippen LogP contribution in [0, 0.1) is 0 Å². The number of aryl methyl sites for hydroxylation is 1. The third-order valence-corrected chi connectivity index (χ3v) is 4.39. The Morgan fingerprint density at radius 3 is 2.64 bits per heavy atom. The zero-order valence-electron chi connectivity index (χ0n) is 15.0. The molecule has 1 aliphatic heterocycles. The predicted octanol–water partition coefficient (Wildman–Crippen LogP) is 1.42. The summed E-state index contributed by atoms with van der Waals surface area (Å²) in [5.41, 5.74) is 1.75. The molecule has 0 fully saturated rings. The van der Waals surface area contributed by atoms with E-state index in [0.717, 1.165) is 11.3 Å². The van der Waals surface area contributed by atoms with E-state index in [4.69, 9.17) is 0 Å². The number of nitrogens with zero attached hydrogens (tertiary/aromatic N) is 6. The Bertz CT molecular complexity index is 1040. The molecule has 1 atom stereocenters. The highest BCUT2D eigenvalue weighted by atomic mass is 16.2. The molecule has 3 rings (SSSR count). The minimum atomic E-state index is -0.412. The van der Waals surface area contributed by atoms with Gasteiger partial charge in [-0.25, -0.2) is 9.80 Å². The molecule has 1 unspecified atom stereocenters. The van der Waals surface area contributed by atoms with Gasteiger partial charge in [-0.3, -0.25) is 18.5 Å². The zero-order valence-corrected chi connectivity index (χ0v) is 15.0. The highest BCUT2D eigenvalue weighted by molar-refractivity contribution is 5.91. The number of hydrazone groups is 1. The Morgan fingerprint density at radius 2 is 2.04 bits per heavy atom. The van der Waals surface area contributed by atoms with Crippen LogP contribution in [0.5, 0.6) is 0 Å². The minimum absolute atomic E-state index is 0.135. The number of fused-ring (bicyclic) bond motifs is 3. The van der Waals surface area contributed by atoms with Crippen LogP contribution in [-0.4, -0.2) is 30.9 Å². The van der Waals surface area contributed by atoms with E-state index in [9.17, 15) is 9.59 Å². The summed E-state index contributed by atoms with van der Waals surface area (Å²) in [5.74, 6) is 0.541. The first kappa shape index (κ1) is 16.9. The van der Waals surface area contributed by atoms with E-state index >= 15 is 0 Å². The molecule has 2 aromatic heterocycles. The number of hydrogen-bond acceptors (Lipinski definition) is 5. The van der Waals surface area contributed by atoms with E-state index in [0.29, 0.717) is 23.7 Å². The van der Waals surface area contributed by atoms with E-state index < -0.39 is 5.69 Å². The van der Waals surface area contributed by atoms with Crippen molar-refractivity contribution >= 4 is 22.8 Å². The Kier molecular flexibility index (Phi) is 3.98. The van der Waals surface area contributed by atoms with Gasteiger partial charge in [-0.15, -0.1) is 6.58 Å². The topological polar surface area (TPSA) is 77.4 Å². The minimum Gasteiger partial charge on any atom is -0.294 e. The fourth-order valence-electron chi connectivity index (χ4n) is 3.03. The molecule has 1 aliphatic rings. The van der Waals surface area contributed by atoms with Crippen molar-refractivity contribution in [3.8, 4) is 0 Å². The second-order valence-corrected chi connectivity index (χ2v) is 6.43. The Morgan fingerprint density at radius 1 is 1.36 bits per heavy atom.